The lowest BCUT2D eigenvalue weighted by Crippen LogP contribution is -2.62. The maximum absolute atomic E-state index is 12.1. The van der Waals surface area contributed by atoms with E-state index in [0.717, 1.165) is 31.6 Å². The van der Waals surface area contributed by atoms with Crippen molar-refractivity contribution in [2.24, 2.45) is 5.73 Å². The van der Waals surface area contributed by atoms with Gasteiger partial charge in [0.25, 0.3) is 0 Å². The third-order valence-corrected chi connectivity index (χ3v) is 4.09. The van der Waals surface area contributed by atoms with E-state index in [9.17, 15) is 4.79 Å². The molecule has 6 heteroatoms. The first-order valence-corrected chi connectivity index (χ1v) is 7.05. The molecule has 108 valence electrons. The van der Waals surface area contributed by atoms with Gasteiger partial charge in [0.15, 0.2) is 0 Å². The first-order chi connectivity index (χ1) is 9.52. The third-order valence-electron chi connectivity index (χ3n) is 3.70. The second-order valence-electron chi connectivity index (χ2n) is 5.19. The smallest absolute Gasteiger partial charge is 0.320 e. The van der Waals surface area contributed by atoms with Gasteiger partial charge in [0, 0.05) is 18.8 Å². The number of piperidine rings is 1. The van der Waals surface area contributed by atoms with Crippen LogP contribution in [0.5, 0.6) is 0 Å². The van der Waals surface area contributed by atoms with E-state index in [1.165, 1.54) is 0 Å². The molecule has 0 radical (unpaired) electrons. The van der Waals surface area contributed by atoms with Crippen LogP contribution in [0.4, 0.5) is 10.5 Å². The quantitative estimate of drug-likeness (QED) is 0.739. The standard InChI is InChI=1S/C14H20N4OS/c1-18-9-7-14(8-10-18,12(15)20)17-13(19)16-11-5-3-2-4-6-11/h2-6H,7-10H2,1H3,(H2,15,20)(H2,16,17,19). The number of nitrogens with one attached hydrogen (secondary N) is 2. The summed E-state index contributed by atoms with van der Waals surface area (Å²) in [6.07, 6.45) is 1.47. The van der Waals surface area contributed by atoms with Crippen LogP contribution < -0.4 is 16.4 Å². The summed E-state index contributed by atoms with van der Waals surface area (Å²) in [5.41, 5.74) is 6.02. The van der Waals surface area contributed by atoms with Crippen LogP contribution in [-0.4, -0.2) is 41.6 Å². The van der Waals surface area contributed by atoms with Crippen LogP contribution in [0.2, 0.25) is 0 Å². The minimum atomic E-state index is -0.583. The fraction of sp³-hybridized carbons (Fsp3) is 0.429. The lowest BCUT2D eigenvalue weighted by Gasteiger charge is -2.40. The summed E-state index contributed by atoms with van der Waals surface area (Å²) in [5.74, 6) is 0. The zero-order valence-electron chi connectivity index (χ0n) is 11.6. The molecule has 1 aliphatic rings. The Bertz CT molecular complexity index is 483. The van der Waals surface area contributed by atoms with Gasteiger partial charge in [-0.3, -0.25) is 0 Å². The molecule has 0 spiro atoms. The molecule has 1 aromatic carbocycles. The number of nitrogens with two attached hydrogens (primary N) is 1. The van der Waals surface area contributed by atoms with Crippen molar-refractivity contribution in [3.63, 3.8) is 0 Å². The largest absolute Gasteiger partial charge is 0.391 e. The van der Waals surface area contributed by atoms with E-state index in [1.54, 1.807) is 0 Å². The van der Waals surface area contributed by atoms with Crippen molar-refractivity contribution in [1.82, 2.24) is 10.2 Å². The molecule has 20 heavy (non-hydrogen) atoms. The minimum Gasteiger partial charge on any atom is -0.391 e. The van der Waals surface area contributed by atoms with Crippen LogP contribution in [0, 0.1) is 0 Å². The van der Waals surface area contributed by atoms with Gasteiger partial charge < -0.3 is 21.3 Å². The lowest BCUT2D eigenvalue weighted by atomic mass is 9.87. The number of hydrogen-bond acceptors (Lipinski definition) is 3. The number of thiocarbonyl (C=S) groups is 1. The number of amides is 2. The molecule has 4 N–H and O–H groups in total. The zero-order chi connectivity index (χ0) is 14.6. The molecule has 0 aliphatic carbocycles. The van der Waals surface area contributed by atoms with Gasteiger partial charge in [-0.15, -0.1) is 0 Å². The Hall–Kier alpha value is -1.66. The molecule has 1 saturated heterocycles. The van der Waals surface area contributed by atoms with Gasteiger partial charge in [0.1, 0.15) is 0 Å². The van der Waals surface area contributed by atoms with E-state index in [2.05, 4.69) is 15.5 Å². The molecular formula is C14H20N4OS. The molecule has 0 unspecified atom stereocenters. The fourth-order valence-electron chi connectivity index (χ4n) is 2.33. The number of hydrogen-bond donors (Lipinski definition) is 3. The predicted molar refractivity (Wildman–Crippen MR) is 84.8 cm³/mol. The molecule has 0 saturated carbocycles. The first-order valence-electron chi connectivity index (χ1n) is 6.64. The van der Waals surface area contributed by atoms with E-state index in [0.29, 0.717) is 4.99 Å². The topological polar surface area (TPSA) is 70.4 Å². The van der Waals surface area contributed by atoms with E-state index in [-0.39, 0.29) is 6.03 Å². The average Bonchev–Trinajstić information content (AvgIpc) is 2.42. The molecule has 0 atom stereocenters. The number of urea groups is 1. The van der Waals surface area contributed by atoms with Crippen molar-refractivity contribution < 1.29 is 4.79 Å². The lowest BCUT2D eigenvalue weighted by molar-refractivity contribution is 0.199. The minimum absolute atomic E-state index is 0.270. The summed E-state index contributed by atoms with van der Waals surface area (Å²) in [5, 5.41) is 5.76. The Labute approximate surface area is 124 Å². The Morgan fingerprint density at radius 1 is 1.30 bits per heavy atom. The fourth-order valence-corrected chi connectivity index (χ4v) is 2.59. The summed E-state index contributed by atoms with van der Waals surface area (Å²) < 4.78 is 0. The number of anilines is 1. The van der Waals surface area contributed by atoms with E-state index in [4.69, 9.17) is 18.0 Å². The zero-order valence-corrected chi connectivity index (χ0v) is 12.4. The van der Waals surface area contributed by atoms with Crippen LogP contribution >= 0.6 is 12.2 Å². The van der Waals surface area contributed by atoms with Gasteiger partial charge in [-0.1, -0.05) is 30.4 Å². The van der Waals surface area contributed by atoms with Crippen LogP contribution in [0.25, 0.3) is 0 Å². The number of likely N-dealkylation sites (tertiary alicyclic amines) is 1. The number of nitrogens with zero attached hydrogens (tertiary/aromatic N) is 1. The number of carbonyl (C=O) groups is 1. The van der Waals surface area contributed by atoms with Crippen molar-refractivity contribution >= 4 is 28.9 Å². The van der Waals surface area contributed by atoms with Gasteiger partial charge in [0.05, 0.1) is 10.5 Å². The molecule has 0 aromatic heterocycles. The first kappa shape index (κ1) is 14.7. The summed E-state index contributed by atoms with van der Waals surface area (Å²) >= 11 is 5.17. The number of carbonyl (C=O) groups excluding carboxylic acids is 1. The second-order valence-corrected chi connectivity index (χ2v) is 5.63. The molecule has 1 aliphatic heterocycles. The molecule has 2 rings (SSSR count). The Morgan fingerprint density at radius 3 is 2.45 bits per heavy atom. The third kappa shape index (κ3) is 3.46. The summed E-state index contributed by atoms with van der Waals surface area (Å²) in [6.45, 7) is 1.73. The SMILES string of the molecule is CN1CCC(NC(=O)Nc2ccccc2)(C(N)=S)CC1. The average molecular weight is 292 g/mol. The maximum atomic E-state index is 12.1. The number of rotatable bonds is 3. The van der Waals surface area contributed by atoms with E-state index < -0.39 is 5.54 Å². The normalized spacial score (nSPS) is 18.2. The number of benzene rings is 1. The number of para-hydroxylation sites is 1. The molecule has 1 fully saturated rings. The summed E-state index contributed by atoms with van der Waals surface area (Å²) in [4.78, 5) is 14.7. The van der Waals surface area contributed by atoms with Crippen molar-refractivity contribution in [1.29, 1.82) is 0 Å². The molecular weight excluding hydrogens is 272 g/mol. The monoisotopic (exact) mass is 292 g/mol. The molecule has 2 amide bonds. The van der Waals surface area contributed by atoms with Crippen LogP contribution in [-0.2, 0) is 0 Å². The van der Waals surface area contributed by atoms with Gasteiger partial charge in [-0.05, 0) is 32.0 Å². The van der Waals surface area contributed by atoms with Gasteiger partial charge in [-0.2, -0.15) is 0 Å². The molecule has 1 aromatic rings. The van der Waals surface area contributed by atoms with Gasteiger partial charge >= 0.3 is 6.03 Å². The highest BCUT2D eigenvalue weighted by Crippen LogP contribution is 2.22. The predicted octanol–water partition coefficient (Wildman–Crippen LogP) is 1.56. The van der Waals surface area contributed by atoms with E-state index in [1.807, 2.05) is 37.4 Å². The Balaban J connectivity index is 2.02. The van der Waals surface area contributed by atoms with Crippen LogP contribution in [0.1, 0.15) is 12.8 Å². The Kier molecular flexibility index (Phi) is 4.57. The molecule has 1 heterocycles. The van der Waals surface area contributed by atoms with Gasteiger partial charge in [0.2, 0.25) is 0 Å². The summed E-state index contributed by atoms with van der Waals surface area (Å²) in [6, 6.07) is 9.04. The van der Waals surface area contributed by atoms with E-state index >= 15 is 0 Å². The van der Waals surface area contributed by atoms with Crippen molar-refractivity contribution in [2.45, 2.75) is 18.4 Å². The second kappa shape index (κ2) is 6.19. The molecule has 5 nitrogen and oxygen atoms in total. The highest BCUT2D eigenvalue weighted by atomic mass is 32.1. The highest BCUT2D eigenvalue weighted by molar-refractivity contribution is 7.80. The summed E-state index contributed by atoms with van der Waals surface area (Å²) in [7, 11) is 2.05. The van der Waals surface area contributed by atoms with Crippen molar-refractivity contribution in [3.8, 4) is 0 Å². The van der Waals surface area contributed by atoms with Crippen molar-refractivity contribution in [2.75, 3.05) is 25.5 Å². The Morgan fingerprint density at radius 2 is 1.90 bits per heavy atom. The maximum Gasteiger partial charge on any atom is 0.320 e. The van der Waals surface area contributed by atoms with Crippen LogP contribution in [0.15, 0.2) is 30.3 Å². The highest BCUT2D eigenvalue weighted by Gasteiger charge is 2.37. The van der Waals surface area contributed by atoms with Crippen LogP contribution in [0.3, 0.4) is 0 Å². The van der Waals surface area contributed by atoms with Crippen molar-refractivity contribution in [3.05, 3.63) is 30.3 Å². The van der Waals surface area contributed by atoms with Gasteiger partial charge in [-0.25, -0.2) is 4.79 Å². The molecule has 0 bridgehead atoms.